The number of furan rings is 1. The van der Waals surface area contributed by atoms with Crippen molar-refractivity contribution in [3.05, 3.63) is 23.7 Å². The summed E-state index contributed by atoms with van der Waals surface area (Å²) in [6.07, 6.45) is 7.59. The Bertz CT molecular complexity index is 480. The van der Waals surface area contributed by atoms with Gasteiger partial charge in [-0.2, -0.15) is 0 Å². The largest absolute Gasteiger partial charge is 0.467 e. The minimum atomic E-state index is 0.0838. The molecule has 1 aromatic heterocycles. The fraction of sp³-hybridized carbons (Fsp3) is 0.688. The third-order valence-corrected chi connectivity index (χ3v) is 4.74. The van der Waals surface area contributed by atoms with E-state index in [1.807, 2.05) is 4.90 Å². The zero-order valence-electron chi connectivity index (χ0n) is 12.6. The van der Waals surface area contributed by atoms with E-state index >= 15 is 0 Å². The van der Waals surface area contributed by atoms with Crippen molar-refractivity contribution in [1.82, 2.24) is 9.80 Å². The Labute approximate surface area is 126 Å². The van der Waals surface area contributed by atoms with E-state index in [1.54, 1.807) is 6.07 Å². The minimum absolute atomic E-state index is 0.0838. The summed E-state index contributed by atoms with van der Waals surface area (Å²) in [5.41, 5.74) is 6.16. The number of nitrogens with two attached hydrogens (primary N) is 1. The highest BCUT2D eigenvalue weighted by Crippen LogP contribution is 2.22. The van der Waals surface area contributed by atoms with Crippen molar-refractivity contribution in [3.63, 3.8) is 0 Å². The fourth-order valence-electron chi connectivity index (χ4n) is 3.54. The average molecular weight is 291 g/mol. The molecule has 1 unspecified atom stereocenters. The van der Waals surface area contributed by atoms with Gasteiger partial charge in [-0.1, -0.05) is 0 Å². The molecule has 1 atom stereocenters. The van der Waals surface area contributed by atoms with Gasteiger partial charge in [-0.15, -0.1) is 0 Å². The summed E-state index contributed by atoms with van der Waals surface area (Å²) in [6.45, 7) is 4.51. The van der Waals surface area contributed by atoms with Gasteiger partial charge in [-0.3, -0.25) is 4.79 Å². The van der Waals surface area contributed by atoms with E-state index in [-0.39, 0.29) is 5.91 Å². The van der Waals surface area contributed by atoms with Gasteiger partial charge in [-0.05, 0) is 51.3 Å². The fourth-order valence-corrected chi connectivity index (χ4v) is 3.54. The van der Waals surface area contributed by atoms with Crippen LogP contribution >= 0.6 is 0 Å². The maximum absolute atomic E-state index is 12.5. The molecule has 5 nitrogen and oxygen atoms in total. The molecule has 0 aliphatic carbocycles. The number of carbonyl (C=O) groups is 1. The molecule has 2 aliphatic rings. The van der Waals surface area contributed by atoms with Crippen LogP contribution in [0.1, 0.15) is 48.2 Å². The van der Waals surface area contributed by atoms with Gasteiger partial charge in [0.15, 0.2) is 0 Å². The van der Waals surface area contributed by atoms with E-state index in [1.165, 1.54) is 38.6 Å². The van der Waals surface area contributed by atoms with Crippen LogP contribution in [0, 0.1) is 0 Å². The average Bonchev–Trinajstić information content (AvgIpc) is 3.14. The molecule has 1 aromatic rings. The summed E-state index contributed by atoms with van der Waals surface area (Å²) >= 11 is 0. The van der Waals surface area contributed by atoms with E-state index in [0.29, 0.717) is 23.9 Å². The second-order valence-corrected chi connectivity index (χ2v) is 6.13. The molecule has 21 heavy (non-hydrogen) atoms. The predicted molar refractivity (Wildman–Crippen MR) is 80.9 cm³/mol. The third kappa shape index (κ3) is 3.30. The molecule has 2 N–H and O–H groups in total. The number of nitrogens with zero attached hydrogens (tertiary/aromatic N) is 2. The first kappa shape index (κ1) is 14.6. The second-order valence-electron chi connectivity index (χ2n) is 6.13. The highest BCUT2D eigenvalue weighted by Gasteiger charge is 2.27. The molecule has 116 valence electrons. The van der Waals surface area contributed by atoms with Crippen LogP contribution in [0.2, 0.25) is 0 Å². The lowest BCUT2D eigenvalue weighted by atomic mass is 10.1. The van der Waals surface area contributed by atoms with E-state index in [2.05, 4.69) is 4.90 Å². The zero-order chi connectivity index (χ0) is 14.7. The van der Waals surface area contributed by atoms with Gasteiger partial charge in [-0.25, -0.2) is 0 Å². The Hall–Kier alpha value is -1.33. The summed E-state index contributed by atoms with van der Waals surface area (Å²) in [5, 5.41) is 0. The molecule has 3 heterocycles. The molecule has 1 amide bonds. The third-order valence-electron chi connectivity index (χ3n) is 4.74. The first-order chi connectivity index (χ1) is 10.3. The maximum atomic E-state index is 12.5. The number of likely N-dealkylation sites (tertiary alicyclic amines) is 2. The van der Waals surface area contributed by atoms with Crippen molar-refractivity contribution < 1.29 is 9.21 Å². The van der Waals surface area contributed by atoms with Gasteiger partial charge in [0.05, 0.1) is 12.1 Å². The van der Waals surface area contributed by atoms with Gasteiger partial charge in [0, 0.05) is 19.1 Å². The molecule has 0 saturated carbocycles. The zero-order valence-corrected chi connectivity index (χ0v) is 12.6. The minimum Gasteiger partial charge on any atom is -0.467 e. The monoisotopic (exact) mass is 291 g/mol. The van der Waals surface area contributed by atoms with Crippen LogP contribution in [-0.2, 0) is 6.54 Å². The van der Waals surface area contributed by atoms with Crippen LogP contribution in [0.4, 0.5) is 0 Å². The van der Waals surface area contributed by atoms with E-state index in [4.69, 9.17) is 10.2 Å². The Balaban J connectivity index is 1.60. The van der Waals surface area contributed by atoms with E-state index in [0.717, 1.165) is 25.9 Å². The second kappa shape index (κ2) is 6.62. The standard InChI is InChI=1S/C16H25N3O2/c17-11-15-10-13(12-21-15)16(20)19-8-3-4-14(5-9-19)18-6-1-2-7-18/h10,12,14H,1-9,11,17H2. The lowest BCUT2D eigenvalue weighted by Gasteiger charge is -2.26. The van der Waals surface area contributed by atoms with Gasteiger partial charge in [0.2, 0.25) is 0 Å². The predicted octanol–water partition coefficient (Wildman–Crippen LogP) is 1.83. The van der Waals surface area contributed by atoms with Crippen LogP contribution in [-0.4, -0.2) is 47.9 Å². The molecule has 0 aromatic carbocycles. The lowest BCUT2D eigenvalue weighted by molar-refractivity contribution is 0.0757. The first-order valence-corrected chi connectivity index (χ1v) is 8.08. The summed E-state index contributed by atoms with van der Waals surface area (Å²) in [6, 6.07) is 2.43. The van der Waals surface area contributed by atoms with Crippen LogP contribution in [0.15, 0.2) is 16.7 Å². The van der Waals surface area contributed by atoms with Gasteiger partial charge < -0.3 is 20.0 Å². The Morgan fingerprint density at radius 1 is 1.19 bits per heavy atom. The summed E-state index contributed by atoms with van der Waals surface area (Å²) in [4.78, 5) is 17.1. The first-order valence-electron chi connectivity index (χ1n) is 8.08. The van der Waals surface area contributed by atoms with Crippen molar-refractivity contribution in [2.75, 3.05) is 26.2 Å². The summed E-state index contributed by atoms with van der Waals surface area (Å²) < 4.78 is 5.28. The van der Waals surface area contributed by atoms with Crippen molar-refractivity contribution >= 4 is 5.91 Å². The van der Waals surface area contributed by atoms with E-state index in [9.17, 15) is 4.79 Å². The summed E-state index contributed by atoms with van der Waals surface area (Å²) in [5.74, 6) is 0.753. The molecule has 0 radical (unpaired) electrons. The molecule has 0 bridgehead atoms. The Kier molecular flexibility index (Phi) is 4.60. The van der Waals surface area contributed by atoms with Gasteiger partial charge in [0.25, 0.3) is 5.91 Å². The number of amides is 1. The van der Waals surface area contributed by atoms with E-state index < -0.39 is 0 Å². The molecule has 2 saturated heterocycles. The van der Waals surface area contributed by atoms with Crippen molar-refractivity contribution in [2.24, 2.45) is 5.73 Å². The smallest absolute Gasteiger partial charge is 0.257 e. The molecule has 2 fully saturated rings. The molecular weight excluding hydrogens is 266 g/mol. The number of rotatable bonds is 3. The van der Waals surface area contributed by atoms with Crippen LogP contribution < -0.4 is 5.73 Å². The number of hydrogen-bond donors (Lipinski definition) is 1. The lowest BCUT2D eigenvalue weighted by Crippen LogP contribution is -2.35. The number of carbonyl (C=O) groups excluding carboxylic acids is 1. The SMILES string of the molecule is NCc1cc(C(=O)N2CCCC(N3CCCC3)CC2)co1. The molecule has 3 rings (SSSR count). The van der Waals surface area contributed by atoms with Gasteiger partial charge in [0.1, 0.15) is 12.0 Å². The van der Waals surface area contributed by atoms with Crippen molar-refractivity contribution in [1.29, 1.82) is 0 Å². The maximum Gasteiger partial charge on any atom is 0.257 e. The van der Waals surface area contributed by atoms with Gasteiger partial charge >= 0.3 is 0 Å². The van der Waals surface area contributed by atoms with Crippen LogP contribution in [0.3, 0.4) is 0 Å². The molecular formula is C16H25N3O2. The highest BCUT2D eigenvalue weighted by atomic mass is 16.3. The van der Waals surface area contributed by atoms with Crippen molar-refractivity contribution in [3.8, 4) is 0 Å². The number of hydrogen-bond acceptors (Lipinski definition) is 4. The molecule has 2 aliphatic heterocycles. The van der Waals surface area contributed by atoms with Crippen LogP contribution in [0.5, 0.6) is 0 Å². The topological polar surface area (TPSA) is 62.7 Å². The molecule has 5 heteroatoms. The Morgan fingerprint density at radius 2 is 2.00 bits per heavy atom. The highest BCUT2D eigenvalue weighted by molar-refractivity contribution is 5.94. The van der Waals surface area contributed by atoms with Crippen molar-refractivity contribution in [2.45, 2.75) is 44.7 Å². The summed E-state index contributed by atoms with van der Waals surface area (Å²) in [7, 11) is 0. The quantitative estimate of drug-likeness (QED) is 0.923. The normalized spacial score (nSPS) is 24.2. The Morgan fingerprint density at radius 3 is 2.71 bits per heavy atom. The van der Waals surface area contributed by atoms with Crippen LogP contribution in [0.25, 0.3) is 0 Å². The molecule has 0 spiro atoms.